The number of anilines is 2. The largest absolute Gasteiger partial charge is 0.464 e. The number of esters is 2. The topological polar surface area (TPSA) is 201 Å². The molecule has 0 aliphatic rings. The molecule has 0 aromatic carbocycles. The van der Waals surface area contributed by atoms with Crippen molar-refractivity contribution in [2.75, 3.05) is 24.7 Å². The van der Waals surface area contributed by atoms with Crippen LogP contribution in [-0.4, -0.2) is 57.7 Å². The fourth-order valence-corrected chi connectivity index (χ4v) is 3.27. The van der Waals surface area contributed by atoms with E-state index < -0.39 is 29.7 Å². The molecule has 0 fully saturated rings. The number of aromatic nitrogens is 2. The lowest BCUT2D eigenvalue weighted by molar-refractivity contribution is -0.146. The molecule has 0 aliphatic carbocycles. The number of hydrogen-bond donors (Lipinski definition) is 4. The molecule has 6 N–H and O–H groups in total. The summed E-state index contributed by atoms with van der Waals surface area (Å²) in [7, 11) is 0. The molecule has 1 atom stereocenters. The number of carbonyl (C=O) groups excluding carboxylic acids is 3. The maximum absolute atomic E-state index is 11.9. The summed E-state index contributed by atoms with van der Waals surface area (Å²) in [5.74, 6) is -1.33. The predicted molar refractivity (Wildman–Crippen MR) is 127 cm³/mol. The molecule has 0 spiro atoms. The molecule has 2 heterocycles. The zero-order valence-corrected chi connectivity index (χ0v) is 21.0. The van der Waals surface area contributed by atoms with E-state index in [-0.39, 0.29) is 24.6 Å². The molecular formula is C19H28N6O7S2. The molecule has 2 aromatic heterocycles. The Kier molecular flexibility index (Phi) is 11.2. The van der Waals surface area contributed by atoms with Crippen LogP contribution in [0.1, 0.15) is 52.0 Å². The second-order valence-electron chi connectivity index (χ2n) is 7.18. The van der Waals surface area contributed by atoms with Crippen molar-refractivity contribution in [2.24, 2.45) is 5.16 Å². The van der Waals surface area contributed by atoms with Gasteiger partial charge in [-0.3, -0.25) is 0 Å². The first-order valence-corrected chi connectivity index (χ1v) is 11.6. The third-order valence-corrected chi connectivity index (χ3v) is 4.72. The Balaban J connectivity index is 0.000000362. The van der Waals surface area contributed by atoms with Gasteiger partial charge in [-0.25, -0.2) is 24.4 Å². The van der Waals surface area contributed by atoms with Gasteiger partial charge >= 0.3 is 18.0 Å². The number of amides is 1. The lowest BCUT2D eigenvalue weighted by Crippen LogP contribution is -2.39. The van der Waals surface area contributed by atoms with Crippen molar-refractivity contribution < 1.29 is 33.8 Å². The number of carbonyl (C=O) groups is 3. The fraction of sp³-hybridized carbons (Fsp3) is 0.474. The van der Waals surface area contributed by atoms with Gasteiger partial charge in [-0.1, -0.05) is 5.16 Å². The van der Waals surface area contributed by atoms with Crippen LogP contribution in [0.15, 0.2) is 15.9 Å². The maximum atomic E-state index is 11.9. The molecule has 2 aromatic rings. The minimum Gasteiger partial charge on any atom is -0.464 e. The minimum atomic E-state index is -1.03. The molecule has 34 heavy (non-hydrogen) atoms. The van der Waals surface area contributed by atoms with Crippen molar-refractivity contribution in [3.63, 3.8) is 0 Å². The number of nitrogens with two attached hydrogens (primary N) is 2. The van der Waals surface area contributed by atoms with Crippen LogP contribution in [0.2, 0.25) is 0 Å². The Labute approximate surface area is 204 Å². The van der Waals surface area contributed by atoms with Crippen LogP contribution in [0.3, 0.4) is 0 Å². The number of oxime groups is 1. The van der Waals surface area contributed by atoms with Crippen molar-refractivity contribution in [2.45, 2.75) is 46.3 Å². The molecular weight excluding hydrogens is 488 g/mol. The first kappa shape index (κ1) is 28.6. The van der Waals surface area contributed by atoms with Crippen LogP contribution in [0.4, 0.5) is 15.1 Å². The van der Waals surface area contributed by atoms with Gasteiger partial charge in [0, 0.05) is 10.8 Å². The van der Waals surface area contributed by atoms with Gasteiger partial charge in [-0.2, -0.15) is 0 Å². The Morgan fingerprint density at radius 1 is 1.09 bits per heavy atom. The molecule has 2 rings (SSSR count). The zero-order valence-electron chi connectivity index (χ0n) is 19.4. The molecule has 0 aliphatic heterocycles. The monoisotopic (exact) mass is 516 g/mol. The number of nitrogen functional groups attached to an aromatic ring is 2. The average molecular weight is 517 g/mol. The summed E-state index contributed by atoms with van der Waals surface area (Å²) in [5, 5.41) is 17.6. The van der Waals surface area contributed by atoms with E-state index in [0.717, 1.165) is 11.3 Å². The molecule has 0 saturated carbocycles. The lowest BCUT2D eigenvalue weighted by Gasteiger charge is -2.22. The number of thiazole rings is 2. The highest BCUT2D eigenvalue weighted by atomic mass is 32.1. The molecule has 188 valence electrons. The van der Waals surface area contributed by atoms with Crippen molar-refractivity contribution in [1.29, 1.82) is 0 Å². The SMILES string of the molecule is CCOC(=O)/C(=N\O)c1csc(N)n1.CCOC(=O)C(NC(=O)OC(C)(C)C)c1csc(N)n1. The van der Waals surface area contributed by atoms with E-state index >= 15 is 0 Å². The Morgan fingerprint density at radius 2 is 1.68 bits per heavy atom. The normalized spacial score (nSPS) is 12.1. The van der Waals surface area contributed by atoms with Gasteiger partial charge in [-0.05, 0) is 34.6 Å². The second kappa shape index (κ2) is 13.3. The maximum Gasteiger partial charge on any atom is 0.408 e. The van der Waals surface area contributed by atoms with E-state index in [1.807, 2.05) is 0 Å². The van der Waals surface area contributed by atoms with Crippen LogP contribution < -0.4 is 16.8 Å². The Hall–Kier alpha value is -3.46. The van der Waals surface area contributed by atoms with Crippen LogP contribution in [0.25, 0.3) is 0 Å². The second-order valence-corrected chi connectivity index (χ2v) is 8.96. The van der Waals surface area contributed by atoms with E-state index in [9.17, 15) is 14.4 Å². The number of hydrogen-bond acceptors (Lipinski definition) is 14. The van der Waals surface area contributed by atoms with Gasteiger partial charge < -0.3 is 36.2 Å². The summed E-state index contributed by atoms with van der Waals surface area (Å²) < 4.78 is 14.7. The van der Waals surface area contributed by atoms with Crippen molar-refractivity contribution in [3.8, 4) is 0 Å². The summed E-state index contributed by atoms with van der Waals surface area (Å²) in [6.45, 7) is 8.93. The first-order chi connectivity index (χ1) is 15.9. The minimum absolute atomic E-state index is 0.199. The number of nitrogens with one attached hydrogen (secondary N) is 1. The molecule has 0 bridgehead atoms. The summed E-state index contributed by atoms with van der Waals surface area (Å²) in [5.41, 5.74) is 10.5. The molecule has 1 amide bonds. The molecule has 15 heteroatoms. The Morgan fingerprint density at radius 3 is 2.12 bits per heavy atom. The quantitative estimate of drug-likeness (QED) is 0.138. The number of nitrogens with zero attached hydrogens (tertiary/aromatic N) is 3. The first-order valence-electron chi connectivity index (χ1n) is 9.89. The third-order valence-electron chi connectivity index (χ3n) is 3.35. The zero-order chi connectivity index (χ0) is 25.9. The smallest absolute Gasteiger partial charge is 0.408 e. The fourth-order valence-electron chi connectivity index (χ4n) is 2.13. The van der Waals surface area contributed by atoms with E-state index in [1.165, 1.54) is 16.7 Å². The van der Waals surface area contributed by atoms with Gasteiger partial charge in [0.1, 0.15) is 11.3 Å². The predicted octanol–water partition coefficient (Wildman–Crippen LogP) is 2.32. The Bertz CT molecular complexity index is 999. The van der Waals surface area contributed by atoms with E-state index in [4.69, 9.17) is 26.1 Å². The van der Waals surface area contributed by atoms with E-state index in [2.05, 4.69) is 25.2 Å². The number of alkyl carbamates (subject to hydrolysis) is 1. The van der Waals surface area contributed by atoms with Gasteiger partial charge in [0.05, 0.1) is 18.9 Å². The van der Waals surface area contributed by atoms with Gasteiger partial charge in [0.25, 0.3) is 0 Å². The summed E-state index contributed by atoms with van der Waals surface area (Å²) in [6.07, 6.45) is -0.720. The van der Waals surface area contributed by atoms with E-state index in [0.29, 0.717) is 16.0 Å². The van der Waals surface area contributed by atoms with Crippen LogP contribution >= 0.6 is 22.7 Å². The number of rotatable bonds is 7. The third kappa shape index (κ3) is 9.58. The van der Waals surface area contributed by atoms with Gasteiger partial charge in [-0.15, -0.1) is 22.7 Å². The highest BCUT2D eigenvalue weighted by Crippen LogP contribution is 2.20. The molecule has 0 saturated heterocycles. The molecule has 1 unspecified atom stereocenters. The van der Waals surface area contributed by atoms with E-state index in [1.54, 1.807) is 40.0 Å². The standard InChI is InChI=1S/C12H19N3O4S.C7H9N3O3S/c1-5-18-9(16)8(7-6-20-10(13)14-7)15-11(17)19-12(2,3)4;1-2-13-6(11)5(10-12)4-3-14-7(8)9-4/h6,8H,5H2,1-4H3,(H2,13,14)(H,15,17);3,12H,2H2,1H3,(H2,8,9)/b;10-5-. The summed E-state index contributed by atoms with van der Waals surface area (Å²) in [6, 6.07) is -1.03. The summed E-state index contributed by atoms with van der Waals surface area (Å²) in [4.78, 5) is 42.6. The molecule has 0 radical (unpaired) electrons. The molecule has 13 nitrogen and oxygen atoms in total. The highest BCUT2D eigenvalue weighted by molar-refractivity contribution is 7.14. The average Bonchev–Trinajstić information content (AvgIpc) is 3.34. The van der Waals surface area contributed by atoms with Crippen molar-refractivity contribution in [1.82, 2.24) is 15.3 Å². The highest BCUT2D eigenvalue weighted by Gasteiger charge is 2.28. The van der Waals surface area contributed by atoms with Crippen LogP contribution in [0, 0.1) is 0 Å². The van der Waals surface area contributed by atoms with Gasteiger partial charge in [0.2, 0.25) is 5.71 Å². The summed E-state index contributed by atoms with van der Waals surface area (Å²) >= 11 is 2.33. The lowest BCUT2D eigenvalue weighted by atomic mass is 10.2. The van der Waals surface area contributed by atoms with Gasteiger partial charge in [0.15, 0.2) is 16.3 Å². The van der Waals surface area contributed by atoms with Crippen molar-refractivity contribution in [3.05, 3.63) is 22.1 Å². The van der Waals surface area contributed by atoms with Crippen LogP contribution in [0.5, 0.6) is 0 Å². The van der Waals surface area contributed by atoms with Crippen LogP contribution in [-0.2, 0) is 23.8 Å². The van der Waals surface area contributed by atoms with Crippen molar-refractivity contribution >= 4 is 56.7 Å². The number of ether oxygens (including phenoxy) is 3.